The van der Waals surface area contributed by atoms with Gasteiger partial charge in [-0.05, 0) is 56.4 Å². The lowest BCUT2D eigenvalue weighted by molar-refractivity contribution is -0.115. The van der Waals surface area contributed by atoms with Crippen molar-refractivity contribution in [2.75, 3.05) is 12.4 Å². The van der Waals surface area contributed by atoms with Gasteiger partial charge in [-0.25, -0.2) is 4.98 Å². The Hall–Kier alpha value is -2.03. The maximum atomic E-state index is 13.0. The topological polar surface area (TPSA) is 73.2 Å². The number of carbonyl (C=O) groups is 1. The van der Waals surface area contributed by atoms with Crippen molar-refractivity contribution < 1.29 is 9.53 Å². The second-order valence-corrected chi connectivity index (χ2v) is 10.1. The number of nitrogens with zero attached hydrogens (tertiary/aromatic N) is 2. The van der Waals surface area contributed by atoms with Crippen LogP contribution in [0, 0.1) is 0 Å². The van der Waals surface area contributed by atoms with Crippen LogP contribution in [0.25, 0.3) is 10.2 Å². The van der Waals surface area contributed by atoms with Crippen LogP contribution in [0.2, 0.25) is 5.02 Å². The fourth-order valence-electron chi connectivity index (χ4n) is 3.60. The van der Waals surface area contributed by atoms with E-state index in [-0.39, 0.29) is 11.5 Å². The lowest BCUT2D eigenvalue weighted by atomic mass is 9.97. The quantitative estimate of drug-likeness (QED) is 0.440. The Morgan fingerprint density at radius 2 is 2.13 bits per heavy atom. The molecular formula is C21H22ClN3O3S2. The van der Waals surface area contributed by atoms with Crippen molar-refractivity contribution in [3.8, 4) is 5.75 Å². The Labute approximate surface area is 187 Å². The summed E-state index contributed by atoms with van der Waals surface area (Å²) in [6.07, 6.45) is 4.23. The molecule has 1 aliphatic carbocycles. The van der Waals surface area contributed by atoms with Gasteiger partial charge in [0.15, 0.2) is 5.16 Å². The minimum Gasteiger partial charge on any atom is -0.495 e. The monoisotopic (exact) mass is 463 g/mol. The van der Waals surface area contributed by atoms with E-state index < -0.39 is 5.25 Å². The van der Waals surface area contributed by atoms with E-state index in [0.29, 0.717) is 21.6 Å². The molecule has 3 aromatic rings. The molecule has 9 heteroatoms. The number of hydrogen-bond acceptors (Lipinski definition) is 6. The van der Waals surface area contributed by atoms with Crippen LogP contribution < -0.4 is 15.6 Å². The maximum absolute atomic E-state index is 13.0. The summed E-state index contributed by atoms with van der Waals surface area (Å²) >= 11 is 8.92. The van der Waals surface area contributed by atoms with Crippen LogP contribution in [0.1, 0.15) is 30.2 Å². The number of aryl methyl sites for hydroxylation is 2. The summed E-state index contributed by atoms with van der Waals surface area (Å²) in [5, 5.41) is 4.17. The standard InChI is InChI=1S/C21H22ClN3O3S2/c1-11(18(26)23-14-10-12(22)8-9-15(14)28-3)29-21-24-19-17(20(27)25(21)2)13-6-4-5-7-16(13)30-19/h8-11H,4-7H2,1-3H3,(H,23,26). The highest BCUT2D eigenvalue weighted by molar-refractivity contribution is 8.00. The number of amides is 1. The zero-order valence-electron chi connectivity index (χ0n) is 17.0. The highest BCUT2D eigenvalue weighted by atomic mass is 35.5. The van der Waals surface area contributed by atoms with E-state index in [1.807, 2.05) is 0 Å². The summed E-state index contributed by atoms with van der Waals surface area (Å²) in [6.45, 7) is 1.78. The predicted molar refractivity (Wildman–Crippen MR) is 123 cm³/mol. The van der Waals surface area contributed by atoms with Gasteiger partial charge in [0, 0.05) is 16.9 Å². The van der Waals surface area contributed by atoms with Gasteiger partial charge in [0.1, 0.15) is 10.6 Å². The number of benzene rings is 1. The molecule has 0 aliphatic heterocycles. The minimum absolute atomic E-state index is 0.0361. The van der Waals surface area contributed by atoms with E-state index >= 15 is 0 Å². The van der Waals surface area contributed by atoms with Gasteiger partial charge < -0.3 is 10.1 Å². The number of thioether (sulfide) groups is 1. The van der Waals surface area contributed by atoms with Crippen LogP contribution in [0.4, 0.5) is 5.69 Å². The number of rotatable bonds is 5. The molecule has 4 rings (SSSR count). The third-order valence-corrected chi connectivity index (χ3v) is 7.79. The van der Waals surface area contributed by atoms with Crippen molar-refractivity contribution in [3.05, 3.63) is 44.0 Å². The molecule has 0 radical (unpaired) electrons. The van der Waals surface area contributed by atoms with Gasteiger partial charge >= 0.3 is 0 Å². The molecule has 0 bridgehead atoms. The third kappa shape index (κ3) is 3.96. The molecule has 1 aliphatic rings. The van der Waals surface area contributed by atoms with Crippen molar-refractivity contribution in [3.63, 3.8) is 0 Å². The SMILES string of the molecule is COc1ccc(Cl)cc1NC(=O)C(C)Sc1nc2sc3c(c2c(=O)n1C)CCCC3. The number of carbonyl (C=O) groups excluding carboxylic acids is 1. The zero-order valence-corrected chi connectivity index (χ0v) is 19.3. The normalized spacial score (nSPS) is 14.4. The van der Waals surface area contributed by atoms with Gasteiger partial charge in [0.05, 0.1) is 23.4 Å². The maximum Gasteiger partial charge on any atom is 0.262 e. The van der Waals surface area contributed by atoms with Gasteiger partial charge in [-0.1, -0.05) is 23.4 Å². The molecular weight excluding hydrogens is 442 g/mol. The largest absolute Gasteiger partial charge is 0.495 e. The second kappa shape index (κ2) is 8.61. The average Bonchev–Trinajstić information content (AvgIpc) is 3.10. The molecule has 2 aromatic heterocycles. The number of nitrogens with one attached hydrogen (secondary N) is 1. The predicted octanol–water partition coefficient (Wildman–Crippen LogP) is 4.66. The highest BCUT2D eigenvalue weighted by Crippen LogP contribution is 2.35. The van der Waals surface area contributed by atoms with Crippen molar-refractivity contribution in [2.45, 2.75) is 43.0 Å². The Morgan fingerprint density at radius 3 is 2.90 bits per heavy atom. The van der Waals surface area contributed by atoms with Gasteiger partial charge in [-0.15, -0.1) is 11.3 Å². The Bertz CT molecular complexity index is 1190. The van der Waals surface area contributed by atoms with Crippen molar-refractivity contribution >= 4 is 56.5 Å². The summed E-state index contributed by atoms with van der Waals surface area (Å²) < 4.78 is 6.84. The summed E-state index contributed by atoms with van der Waals surface area (Å²) in [5.74, 6) is 0.307. The van der Waals surface area contributed by atoms with Crippen LogP contribution in [0.15, 0.2) is 28.2 Å². The third-order valence-electron chi connectivity index (χ3n) is 5.23. The smallest absolute Gasteiger partial charge is 0.262 e. The van der Waals surface area contributed by atoms with Crippen LogP contribution in [-0.4, -0.2) is 27.8 Å². The van der Waals surface area contributed by atoms with Gasteiger partial charge in [-0.2, -0.15) is 0 Å². The van der Waals surface area contributed by atoms with Crippen LogP contribution >= 0.6 is 34.7 Å². The summed E-state index contributed by atoms with van der Waals surface area (Å²) in [7, 11) is 3.25. The molecule has 0 spiro atoms. The van der Waals surface area contributed by atoms with E-state index in [1.54, 1.807) is 48.1 Å². The first-order valence-electron chi connectivity index (χ1n) is 9.71. The number of methoxy groups -OCH3 is 1. The second-order valence-electron chi connectivity index (χ2n) is 7.24. The summed E-state index contributed by atoms with van der Waals surface area (Å²) in [6, 6.07) is 5.04. The van der Waals surface area contributed by atoms with Crippen LogP contribution in [0.5, 0.6) is 5.75 Å². The molecule has 0 saturated heterocycles. The minimum atomic E-state index is -0.473. The van der Waals surface area contributed by atoms with E-state index in [2.05, 4.69) is 5.32 Å². The molecule has 158 valence electrons. The number of halogens is 1. The molecule has 2 heterocycles. The van der Waals surface area contributed by atoms with Crippen LogP contribution in [-0.2, 0) is 24.7 Å². The number of aromatic nitrogens is 2. The molecule has 30 heavy (non-hydrogen) atoms. The molecule has 1 unspecified atom stereocenters. The molecule has 0 fully saturated rings. The Balaban J connectivity index is 1.59. The van der Waals surface area contributed by atoms with E-state index in [0.717, 1.165) is 35.9 Å². The number of fused-ring (bicyclic) bond motifs is 3. The van der Waals surface area contributed by atoms with Gasteiger partial charge in [0.25, 0.3) is 5.56 Å². The first kappa shape index (κ1) is 21.2. The molecule has 1 aromatic carbocycles. The summed E-state index contributed by atoms with van der Waals surface area (Å²) in [5.41, 5.74) is 1.64. The highest BCUT2D eigenvalue weighted by Gasteiger charge is 2.23. The van der Waals surface area contributed by atoms with E-state index in [1.165, 1.54) is 29.3 Å². The Morgan fingerprint density at radius 1 is 1.37 bits per heavy atom. The van der Waals surface area contributed by atoms with E-state index in [4.69, 9.17) is 21.3 Å². The molecule has 6 nitrogen and oxygen atoms in total. The first-order valence-corrected chi connectivity index (χ1v) is 11.8. The van der Waals surface area contributed by atoms with Crippen molar-refractivity contribution in [1.82, 2.24) is 9.55 Å². The molecule has 1 atom stereocenters. The van der Waals surface area contributed by atoms with Gasteiger partial charge in [-0.3, -0.25) is 14.2 Å². The van der Waals surface area contributed by atoms with Crippen molar-refractivity contribution in [2.24, 2.45) is 7.05 Å². The van der Waals surface area contributed by atoms with Crippen molar-refractivity contribution in [1.29, 1.82) is 0 Å². The average molecular weight is 464 g/mol. The lowest BCUT2D eigenvalue weighted by Gasteiger charge is -2.15. The number of hydrogen-bond donors (Lipinski definition) is 1. The zero-order chi connectivity index (χ0) is 21.4. The van der Waals surface area contributed by atoms with Gasteiger partial charge in [0.2, 0.25) is 5.91 Å². The molecule has 0 saturated carbocycles. The molecule has 1 N–H and O–H groups in total. The Kier molecular flexibility index (Phi) is 6.09. The summed E-state index contributed by atoms with van der Waals surface area (Å²) in [4.78, 5) is 32.6. The number of thiophene rings is 1. The van der Waals surface area contributed by atoms with E-state index in [9.17, 15) is 9.59 Å². The molecule has 1 amide bonds. The number of ether oxygens (including phenoxy) is 1. The fraction of sp³-hybridized carbons (Fsp3) is 0.381. The van der Waals surface area contributed by atoms with Crippen LogP contribution in [0.3, 0.4) is 0 Å². The number of anilines is 1. The lowest BCUT2D eigenvalue weighted by Crippen LogP contribution is -2.25. The fourth-order valence-corrected chi connectivity index (χ4v) is 5.95. The first-order chi connectivity index (χ1) is 14.4.